The maximum atomic E-state index is 12.8. The van der Waals surface area contributed by atoms with Gasteiger partial charge in [0.1, 0.15) is 11.4 Å². The zero-order valence-electron chi connectivity index (χ0n) is 14.4. The van der Waals surface area contributed by atoms with E-state index in [0.717, 1.165) is 50.0 Å². The number of benzene rings is 1. The molecule has 1 saturated carbocycles. The summed E-state index contributed by atoms with van der Waals surface area (Å²) in [5, 5.41) is 3.03. The van der Waals surface area contributed by atoms with Crippen LogP contribution in [0.5, 0.6) is 5.75 Å². The van der Waals surface area contributed by atoms with Gasteiger partial charge >= 0.3 is 0 Å². The highest BCUT2D eigenvalue weighted by Gasteiger charge is 2.40. The van der Waals surface area contributed by atoms with E-state index in [4.69, 9.17) is 9.47 Å². The van der Waals surface area contributed by atoms with Gasteiger partial charge in [0, 0.05) is 12.3 Å². The van der Waals surface area contributed by atoms with Crippen LogP contribution >= 0.6 is 0 Å². The molecular formula is C19H29NO3. The van der Waals surface area contributed by atoms with Crippen molar-refractivity contribution in [3.8, 4) is 5.75 Å². The minimum absolute atomic E-state index is 0.00660. The normalized spacial score (nSPS) is 16.8. The molecule has 2 rings (SSSR count). The lowest BCUT2D eigenvalue weighted by Gasteiger charge is -2.35. The van der Waals surface area contributed by atoms with Crippen LogP contribution < -0.4 is 10.1 Å². The number of nitrogens with one attached hydrogen (secondary N) is 1. The predicted octanol–water partition coefficient (Wildman–Crippen LogP) is 4.54. The Bertz CT molecular complexity index is 478. The van der Waals surface area contributed by atoms with Crippen LogP contribution in [0, 0.1) is 0 Å². The summed E-state index contributed by atoms with van der Waals surface area (Å²) >= 11 is 0. The summed E-state index contributed by atoms with van der Waals surface area (Å²) in [7, 11) is 0. The smallest absolute Gasteiger partial charge is 0.256 e. The highest BCUT2D eigenvalue weighted by molar-refractivity contribution is 5.97. The molecule has 0 aliphatic heterocycles. The Labute approximate surface area is 139 Å². The molecule has 23 heavy (non-hydrogen) atoms. The van der Waals surface area contributed by atoms with Gasteiger partial charge in [0.25, 0.3) is 5.91 Å². The Kier molecular flexibility index (Phi) is 6.90. The Morgan fingerprint density at radius 1 is 1.04 bits per heavy atom. The van der Waals surface area contributed by atoms with Crippen molar-refractivity contribution in [2.24, 2.45) is 0 Å². The molecule has 0 spiro atoms. The second-order valence-electron chi connectivity index (χ2n) is 6.23. The van der Waals surface area contributed by atoms with E-state index in [1.165, 1.54) is 6.42 Å². The maximum absolute atomic E-state index is 12.8. The average molecular weight is 319 g/mol. The molecule has 0 unspecified atom stereocenters. The molecule has 1 aromatic carbocycles. The third kappa shape index (κ3) is 4.96. The molecule has 1 aromatic rings. The molecule has 1 amide bonds. The van der Waals surface area contributed by atoms with Crippen LogP contribution in [0.3, 0.4) is 0 Å². The number of anilines is 1. The van der Waals surface area contributed by atoms with Crippen molar-refractivity contribution in [2.45, 2.75) is 64.4 Å². The number of ether oxygens (including phenoxy) is 2. The quantitative estimate of drug-likeness (QED) is 0.765. The molecule has 1 aliphatic rings. The van der Waals surface area contributed by atoms with Crippen molar-refractivity contribution in [3.05, 3.63) is 24.3 Å². The van der Waals surface area contributed by atoms with E-state index >= 15 is 0 Å². The second kappa shape index (κ2) is 8.92. The van der Waals surface area contributed by atoms with Crippen molar-refractivity contribution in [1.82, 2.24) is 0 Å². The van der Waals surface area contributed by atoms with E-state index in [2.05, 4.69) is 19.2 Å². The lowest BCUT2D eigenvalue weighted by Crippen LogP contribution is -2.47. The van der Waals surface area contributed by atoms with Crippen LogP contribution in [0.15, 0.2) is 24.3 Å². The van der Waals surface area contributed by atoms with Gasteiger partial charge in [0.2, 0.25) is 0 Å². The molecule has 1 aliphatic carbocycles. The van der Waals surface area contributed by atoms with Crippen molar-refractivity contribution in [2.75, 3.05) is 18.5 Å². The molecule has 0 radical (unpaired) electrons. The van der Waals surface area contributed by atoms with E-state index in [0.29, 0.717) is 13.2 Å². The summed E-state index contributed by atoms with van der Waals surface area (Å²) in [5.41, 5.74) is 0.148. The molecule has 1 fully saturated rings. The van der Waals surface area contributed by atoms with Crippen LogP contribution in [0.25, 0.3) is 0 Å². The fraction of sp³-hybridized carbons (Fsp3) is 0.632. The topological polar surface area (TPSA) is 47.6 Å². The van der Waals surface area contributed by atoms with E-state index in [9.17, 15) is 4.79 Å². The van der Waals surface area contributed by atoms with Gasteiger partial charge in [-0.15, -0.1) is 0 Å². The molecule has 0 heterocycles. The first-order valence-corrected chi connectivity index (χ1v) is 8.88. The van der Waals surface area contributed by atoms with E-state index in [-0.39, 0.29) is 5.91 Å². The fourth-order valence-corrected chi connectivity index (χ4v) is 2.96. The summed E-state index contributed by atoms with van der Waals surface area (Å²) in [6, 6.07) is 7.57. The highest BCUT2D eigenvalue weighted by atomic mass is 16.5. The van der Waals surface area contributed by atoms with Crippen molar-refractivity contribution in [1.29, 1.82) is 0 Å². The molecular weight excluding hydrogens is 290 g/mol. The van der Waals surface area contributed by atoms with Gasteiger partial charge in [-0.2, -0.15) is 0 Å². The predicted molar refractivity (Wildman–Crippen MR) is 92.9 cm³/mol. The van der Waals surface area contributed by atoms with Crippen molar-refractivity contribution in [3.63, 3.8) is 0 Å². The van der Waals surface area contributed by atoms with Gasteiger partial charge in [0.05, 0.1) is 6.61 Å². The number of rotatable bonds is 8. The van der Waals surface area contributed by atoms with E-state index in [1.807, 2.05) is 24.3 Å². The third-order valence-electron chi connectivity index (χ3n) is 4.24. The largest absolute Gasteiger partial charge is 0.494 e. The van der Waals surface area contributed by atoms with Crippen molar-refractivity contribution >= 4 is 11.6 Å². The minimum atomic E-state index is -0.647. The standard InChI is InChI=1S/C19H29NO3/c1-3-14-22-17-10-8-16(9-11-17)20-18(21)19(23-15-4-2)12-6-5-7-13-19/h8-11H,3-7,12-15H2,1-2H3,(H,20,21). The van der Waals surface area contributed by atoms with E-state index in [1.54, 1.807) is 0 Å². The lowest BCUT2D eigenvalue weighted by molar-refractivity contribution is -0.146. The van der Waals surface area contributed by atoms with Crippen LogP contribution in [0.4, 0.5) is 5.69 Å². The van der Waals surface area contributed by atoms with Gasteiger partial charge in [-0.1, -0.05) is 33.1 Å². The van der Waals surface area contributed by atoms with Crippen LogP contribution in [-0.2, 0) is 9.53 Å². The van der Waals surface area contributed by atoms with Crippen LogP contribution in [-0.4, -0.2) is 24.7 Å². The Hall–Kier alpha value is -1.55. The minimum Gasteiger partial charge on any atom is -0.494 e. The third-order valence-corrected chi connectivity index (χ3v) is 4.24. The van der Waals surface area contributed by atoms with Gasteiger partial charge in [0.15, 0.2) is 0 Å². The number of hydrogen-bond acceptors (Lipinski definition) is 3. The summed E-state index contributed by atoms with van der Waals surface area (Å²) in [5.74, 6) is 0.826. The Morgan fingerprint density at radius 2 is 1.70 bits per heavy atom. The molecule has 4 nitrogen and oxygen atoms in total. The Morgan fingerprint density at radius 3 is 2.30 bits per heavy atom. The molecule has 0 atom stereocenters. The summed E-state index contributed by atoms with van der Waals surface area (Å²) < 4.78 is 11.6. The monoisotopic (exact) mass is 319 g/mol. The van der Waals surface area contributed by atoms with E-state index < -0.39 is 5.60 Å². The SMILES string of the molecule is CCCOc1ccc(NC(=O)C2(OCCC)CCCCC2)cc1. The van der Waals surface area contributed by atoms with Crippen molar-refractivity contribution < 1.29 is 14.3 Å². The summed E-state index contributed by atoms with van der Waals surface area (Å²) in [6.45, 7) is 5.49. The summed E-state index contributed by atoms with van der Waals surface area (Å²) in [4.78, 5) is 12.8. The zero-order valence-corrected chi connectivity index (χ0v) is 14.4. The second-order valence-corrected chi connectivity index (χ2v) is 6.23. The number of carbonyl (C=O) groups is 1. The highest BCUT2D eigenvalue weighted by Crippen LogP contribution is 2.33. The maximum Gasteiger partial charge on any atom is 0.256 e. The molecule has 4 heteroatoms. The van der Waals surface area contributed by atoms with Gasteiger partial charge < -0.3 is 14.8 Å². The van der Waals surface area contributed by atoms with Gasteiger partial charge in [-0.25, -0.2) is 0 Å². The number of amides is 1. The number of hydrogen-bond donors (Lipinski definition) is 1. The molecule has 0 bridgehead atoms. The molecule has 1 N–H and O–H groups in total. The molecule has 0 aromatic heterocycles. The first kappa shape index (κ1) is 17.8. The lowest BCUT2D eigenvalue weighted by atomic mass is 9.83. The van der Waals surface area contributed by atoms with Crippen LogP contribution in [0.1, 0.15) is 58.8 Å². The average Bonchev–Trinajstić information content (AvgIpc) is 2.60. The first-order valence-electron chi connectivity index (χ1n) is 8.88. The summed E-state index contributed by atoms with van der Waals surface area (Å²) in [6.07, 6.45) is 6.84. The zero-order chi connectivity index (χ0) is 16.5. The van der Waals surface area contributed by atoms with Gasteiger partial charge in [-0.3, -0.25) is 4.79 Å². The number of carbonyl (C=O) groups excluding carboxylic acids is 1. The molecule has 0 saturated heterocycles. The first-order chi connectivity index (χ1) is 11.2. The Balaban J connectivity index is 2.00. The van der Waals surface area contributed by atoms with Gasteiger partial charge in [-0.05, 0) is 49.9 Å². The van der Waals surface area contributed by atoms with Crippen LogP contribution in [0.2, 0.25) is 0 Å². The molecule has 128 valence electrons. The fourth-order valence-electron chi connectivity index (χ4n) is 2.96.